The van der Waals surface area contributed by atoms with Crippen LogP contribution in [-0.4, -0.2) is 32.3 Å². The van der Waals surface area contributed by atoms with E-state index in [1.54, 1.807) is 18.2 Å². The number of carbonyl (C=O) groups excluding carboxylic acids is 1. The summed E-state index contributed by atoms with van der Waals surface area (Å²) in [5, 5.41) is 4.48. The number of nitrogens with one attached hydrogen (secondary N) is 2. The molecule has 2 N–H and O–H groups in total. The Morgan fingerprint density at radius 2 is 2.11 bits per heavy atom. The Bertz CT molecular complexity index is 452. The first-order valence-corrected chi connectivity index (χ1v) is 6.02. The van der Waals surface area contributed by atoms with Gasteiger partial charge in [0, 0.05) is 5.69 Å². The van der Waals surface area contributed by atoms with Crippen LogP contribution in [0.4, 0.5) is 18.9 Å². The van der Waals surface area contributed by atoms with E-state index < -0.39 is 25.2 Å². The van der Waals surface area contributed by atoms with Crippen molar-refractivity contribution in [2.45, 2.75) is 6.18 Å². The maximum absolute atomic E-state index is 11.9. The Morgan fingerprint density at radius 1 is 1.42 bits per heavy atom. The van der Waals surface area contributed by atoms with Gasteiger partial charge in [-0.05, 0) is 34.1 Å². The van der Waals surface area contributed by atoms with Gasteiger partial charge >= 0.3 is 6.18 Å². The van der Waals surface area contributed by atoms with Crippen LogP contribution in [0.5, 0.6) is 5.75 Å². The quantitative estimate of drug-likeness (QED) is 0.866. The second-order valence-corrected chi connectivity index (χ2v) is 4.47. The zero-order chi connectivity index (χ0) is 14.5. The van der Waals surface area contributed by atoms with E-state index in [0.29, 0.717) is 15.9 Å². The normalized spacial score (nSPS) is 11.2. The van der Waals surface area contributed by atoms with Crippen molar-refractivity contribution < 1.29 is 22.7 Å². The summed E-state index contributed by atoms with van der Waals surface area (Å²) in [5.74, 6) is 0.0366. The topological polar surface area (TPSA) is 50.4 Å². The summed E-state index contributed by atoms with van der Waals surface area (Å²) in [5.41, 5.74) is 0.464. The highest BCUT2D eigenvalue weighted by Gasteiger charge is 2.26. The van der Waals surface area contributed by atoms with Gasteiger partial charge in [-0.1, -0.05) is 0 Å². The molecule has 0 aliphatic carbocycles. The van der Waals surface area contributed by atoms with Crippen LogP contribution in [0.2, 0.25) is 0 Å². The van der Waals surface area contributed by atoms with Crippen LogP contribution in [-0.2, 0) is 4.79 Å². The standard InChI is InChI=1S/C11H12BrF3N2O2/c1-19-9-3-2-7(4-8(9)12)17-10(18)5-16-6-11(13,14)15/h2-4,16H,5-6H2,1H3,(H,17,18). The van der Waals surface area contributed by atoms with Gasteiger partial charge in [0.1, 0.15) is 5.75 Å². The Labute approximate surface area is 116 Å². The average molecular weight is 341 g/mol. The minimum absolute atomic E-state index is 0.414. The Kier molecular flexibility index (Phi) is 5.61. The fraction of sp³-hybridized carbons (Fsp3) is 0.364. The molecule has 0 spiro atoms. The highest BCUT2D eigenvalue weighted by atomic mass is 79.9. The summed E-state index contributed by atoms with van der Waals surface area (Å²) in [6, 6.07) is 4.81. The molecule has 1 rings (SSSR count). The average Bonchev–Trinajstić information content (AvgIpc) is 2.27. The summed E-state index contributed by atoms with van der Waals surface area (Å²) in [7, 11) is 1.50. The molecule has 0 atom stereocenters. The number of rotatable bonds is 5. The molecule has 0 saturated heterocycles. The molecule has 0 fully saturated rings. The van der Waals surface area contributed by atoms with Gasteiger partial charge in [-0.3, -0.25) is 4.79 Å². The summed E-state index contributed by atoms with van der Waals surface area (Å²) in [4.78, 5) is 11.4. The van der Waals surface area contributed by atoms with Crippen molar-refractivity contribution in [2.24, 2.45) is 0 Å². The molecular weight excluding hydrogens is 329 g/mol. The van der Waals surface area contributed by atoms with Crippen molar-refractivity contribution in [1.29, 1.82) is 0 Å². The van der Waals surface area contributed by atoms with Crippen molar-refractivity contribution in [3.63, 3.8) is 0 Å². The number of benzene rings is 1. The third-order valence-electron chi connectivity index (χ3n) is 2.05. The van der Waals surface area contributed by atoms with Crippen LogP contribution < -0.4 is 15.4 Å². The molecule has 0 heterocycles. The van der Waals surface area contributed by atoms with E-state index in [1.165, 1.54) is 7.11 Å². The number of methoxy groups -OCH3 is 1. The molecule has 0 aromatic heterocycles. The van der Waals surface area contributed by atoms with Gasteiger partial charge in [0.2, 0.25) is 5.91 Å². The van der Waals surface area contributed by atoms with E-state index in [0.717, 1.165) is 0 Å². The maximum Gasteiger partial charge on any atom is 0.401 e. The molecular formula is C11H12BrF3N2O2. The van der Waals surface area contributed by atoms with Crippen molar-refractivity contribution >= 4 is 27.5 Å². The summed E-state index contributed by atoms with van der Waals surface area (Å²) >= 11 is 3.24. The molecule has 4 nitrogen and oxygen atoms in total. The van der Waals surface area contributed by atoms with Crippen LogP contribution in [0.25, 0.3) is 0 Å². The molecule has 0 aliphatic heterocycles. The monoisotopic (exact) mass is 340 g/mol. The van der Waals surface area contributed by atoms with E-state index in [1.807, 2.05) is 5.32 Å². The fourth-order valence-electron chi connectivity index (χ4n) is 1.27. The van der Waals surface area contributed by atoms with E-state index in [-0.39, 0.29) is 0 Å². The molecule has 8 heteroatoms. The van der Waals surface area contributed by atoms with E-state index in [9.17, 15) is 18.0 Å². The number of hydrogen-bond donors (Lipinski definition) is 2. The predicted molar refractivity (Wildman–Crippen MR) is 68.2 cm³/mol. The minimum atomic E-state index is -4.33. The number of alkyl halides is 3. The van der Waals surface area contributed by atoms with Crippen molar-refractivity contribution in [3.05, 3.63) is 22.7 Å². The van der Waals surface area contributed by atoms with E-state index in [4.69, 9.17) is 4.74 Å². The molecule has 106 valence electrons. The molecule has 1 amide bonds. The van der Waals surface area contributed by atoms with Gasteiger partial charge in [0.05, 0.1) is 24.7 Å². The van der Waals surface area contributed by atoms with Crippen molar-refractivity contribution in [3.8, 4) is 5.75 Å². The van der Waals surface area contributed by atoms with E-state index in [2.05, 4.69) is 21.2 Å². The SMILES string of the molecule is COc1ccc(NC(=O)CNCC(F)(F)F)cc1Br. The first kappa shape index (κ1) is 15.8. The predicted octanol–water partition coefficient (Wildman–Crippen LogP) is 2.55. The van der Waals surface area contributed by atoms with Crippen LogP contribution in [0.1, 0.15) is 0 Å². The second-order valence-electron chi connectivity index (χ2n) is 3.62. The zero-order valence-corrected chi connectivity index (χ0v) is 11.6. The van der Waals surface area contributed by atoms with Gasteiger partial charge in [-0.15, -0.1) is 0 Å². The van der Waals surface area contributed by atoms with Crippen LogP contribution >= 0.6 is 15.9 Å². The van der Waals surface area contributed by atoms with Gasteiger partial charge in [-0.2, -0.15) is 13.2 Å². The molecule has 1 aromatic rings. The largest absolute Gasteiger partial charge is 0.496 e. The van der Waals surface area contributed by atoms with Gasteiger partial charge < -0.3 is 15.4 Å². The molecule has 0 saturated carbocycles. The van der Waals surface area contributed by atoms with Crippen LogP contribution in [0, 0.1) is 0 Å². The number of carbonyl (C=O) groups is 1. The lowest BCUT2D eigenvalue weighted by molar-refractivity contribution is -0.126. The zero-order valence-electron chi connectivity index (χ0n) is 9.97. The number of anilines is 1. The van der Waals surface area contributed by atoms with Crippen molar-refractivity contribution in [1.82, 2.24) is 5.32 Å². The third kappa shape index (κ3) is 5.93. The molecule has 0 aliphatic rings. The second kappa shape index (κ2) is 6.76. The first-order chi connectivity index (χ1) is 8.81. The maximum atomic E-state index is 11.9. The number of amides is 1. The summed E-state index contributed by atoms with van der Waals surface area (Å²) in [6.45, 7) is -1.62. The summed E-state index contributed by atoms with van der Waals surface area (Å²) < 4.78 is 41.2. The Balaban J connectivity index is 2.46. The molecule has 0 bridgehead atoms. The lowest BCUT2D eigenvalue weighted by Crippen LogP contribution is -2.35. The fourth-order valence-corrected chi connectivity index (χ4v) is 1.81. The van der Waals surface area contributed by atoms with Gasteiger partial charge in [0.25, 0.3) is 0 Å². The Morgan fingerprint density at radius 3 is 2.63 bits per heavy atom. The van der Waals surface area contributed by atoms with Crippen LogP contribution in [0.15, 0.2) is 22.7 Å². The number of hydrogen-bond acceptors (Lipinski definition) is 3. The first-order valence-electron chi connectivity index (χ1n) is 5.22. The smallest absolute Gasteiger partial charge is 0.401 e. The Hall–Kier alpha value is -1.28. The molecule has 0 unspecified atom stereocenters. The van der Waals surface area contributed by atoms with Gasteiger partial charge in [-0.25, -0.2) is 0 Å². The third-order valence-corrected chi connectivity index (χ3v) is 2.67. The lowest BCUT2D eigenvalue weighted by atomic mass is 10.3. The number of halogens is 4. The van der Waals surface area contributed by atoms with Crippen molar-refractivity contribution in [2.75, 3.05) is 25.5 Å². The lowest BCUT2D eigenvalue weighted by Gasteiger charge is -2.10. The number of ether oxygens (including phenoxy) is 1. The minimum Gasteiger partial charge on any atom is -0.496 e. The molecule has 1 aromatic carbocycles. The van der Waals surface area contributed by atoms with Crippen LogP contribution in [0.3, 0.4) is 0 Å². The summed E-state index contributed by atoms with van der Waals surface area (Å²) in [6.07, 6.45) is -4.33. The van der Waals surface area contributed by atoms with Gasteiger partial charge in [0.15, 0.2) is 0 Å². The molecule has 19 heavy (non-hydrogen) atoms. The highest BCUT2D eigenvalue weighted by Crippen LogP contribution is 2.27. The molecule has 0 radical (unpaired) electrons. The highest BCUT2D eigenvalue weighted by molar-refractivity contribution is 9.10. The van der Waals surface area contributed by atoms with E-state index >= 15 is 0 Å².